The van der Waals surface area contributed by atoms with E-state index >= 15 is 0 Å². The molecule has 0 radical (unpaired) electrons. The van der Waals surface area contributed by atoms with E-state index in [9.17, 15) is 4.79 Å². The minimum absolute atomic E-state index is 0.0554. The number of rotatable bonds is 5. The van der Waals surface area contributed by atoms with Crippen molar-refractivity contribution in [2.24, 2.45) is 0 Å². The standard InChI is InChI=1S/C16H15N3OS/c20-16(12-6-7-14-15(10-12)19-11-18-14)17-8-9-21-13-4-2-1-3-5-13/h1-7,10-11H,8-9H2,(H,17,20)(H,18,19). The molecule has 21 heavy (non-hydrogen) atoms. The Balaban J connectivity index is 1.52. The van der Waals surface area contributed by atoms with Crippen molar-refractivity contribution in [2.75, 3.05) is 12.3 Å². The lowest BCUT2D eigenvalue weighted by Crippen LogP contribution is -2.25. The van der Waals surface area contributed by atoms with E-state index in [-0.39, 0.29) is 5.91 Å². The zero-order valence-corrected chi connectivity index (χ0v) is 12.2. The first-order valence-electron chi connectivity index (χ1n) is 6.72. The number of benzene rings is 2. The number of imidazole rings is 1. The van der Waals surface area contributed by atoms with Crippen molar-refractivity contribution in [3.63, 3.8) is 0 Å². The van der Waals surface area contributed by atoms with Crippen molar-refractivity contribution in [3.05, 3.63) is 60.4 Å². The molecule has 0 aliphatic rings. The molecule has 106 valence electrons. The molecule has 3 aromatic rings. The lowest BCUT2D eigenvalue weighted by atomic mass is 10.2. The van der Waals surface area contributed by atoms with E-state index in [0.717, 1.165) is 16.8 Å². The molecule has 0 aliphatic heterocycles. The van der Waals surface area contributed by atoms with E-state index in [1.54, 1.807) is 24.2 Å². The Bertz CT molecular complexity index is 739. The highest BCUT2D eigenvalue weighted by Crippen LogP contribution is 2.16. The molecule has 0 atom stereocenters. The topological polar surface area (TPSA) is 57.8 Å². The van der Waals surface area contributed by atoms with Gasteiger partial charge in [0, 0.05) is 22.8 Å². The van der Waals surface area contributed by atoms with Gasteiger partial charge in [0.1, 0.15) is 0 Å². The molecule has 3 rings (SSSR count). The van der Waals surface area contributed by atoms with E-state index < -0.39 is 0 Å². The van der Waals surface area contributed by atoms with Crippen molar-refractivity contribution in [1.82, 2.24) is 15.3 Å². The minimum Gasteiger partial charge on any atom is -0.351 e. The third-order valence-electron chi connectivity index (χ3n) is 3.08. The number of carbonyl (C=O) groups excluding carboxylic acids is 1. The van der Waals surface area contributed by atoms with E-state index in [0.29, 0.717) is 12.1 Å². The third-order valence-corrected chi connectivity index (χ3v) is 4.10. The van der Waals surface area contributed by atoms with Gasteiger partial charge in [0.15, 0.2) is 0 Å². The maximum atomic E-state index is 12.1. The highest BCUT2D eigenvalue weighted by atomic mass is 32.2. The Kier molecular flexibility index (Phi) is 4.21. The molecule has 2 aromatic carbocycles. The number of thioether (sulfide) groups is 1. The summed E-state index contributed by atoms with van der Waals surface area (Å²) < 4.78 is 0. The van der Waals surface area contributed by atoms with Crippen LogP contribution in [0.2, 0.25) is 0 Å². The normalized spacial score (nSPS) is 10.7. The number of hydrogen-bond donors (Lipinski definition) is 2. The molecule has 0 unspecified atom stereocenters. The summed E-state index contributed by atoms with van der Waals surface area (Å²) >= 11 is 1.73. The molecule has 0 fully saturated rings. The highest BCUT2D eigenvalue weighted by molar-refractivity contribution is 7.99. The van der Waals surface area contributed by atoms with Gasteiger partial charge in [0.2, 0.25) is 0 Å². The molecule has 1 aromatic heterocycles. The van der Waals surface area contributed by atoms with Gasteiger partial charge in [-0.1, -0.05) is 18.2 Å². The molecular weight excluding hydrogens is 282 g/mol. The second kappa shape index (κ2) is 6.45. The minimum atomic E-state index is -0.0554. The fourth-order valence-corrected chi connectivity index (χ4v) is 2.82. The van der Waals surface area contributed by atoms with Crippen LogP contribution in [0.3, 0.4) is 0 Å². The van der Waals surface area contributed by atoms with E-state index in [1.165, 1.54) is 4.90 Å². The van der Waals surface area contributed by atoms with E-state index in [4.69, 9.17) is 0 Å². The number of hydrogen-bond acceptors (Lipinski definition) is 3. The van der Waals surface area contributed by atoms with Crippen LogP contribution in [0.15, 0.2) is 59.8 Å². The summed E-state index contributed by atoms with van der Waals surface area (Å²) in [6.07, 6.45) is 1.63. The molecule has 4 nitrogen and oxygen atoms in total. The summed E-state index contributed by atoms with van der Waals surface area (Å²) in [6, 6.07) is 15.6. The Morgan fingerprint density at radius 2 is 2.05 bits per heavy atom. The van der Waals surface area contributed by atoms with Crippen molar-refractivity contribution in [2.45, 2.75) is 4.90 Å². The fraction of sp³-hybridized carbons (Fsp3) is 0.125. The molecule has 2 N–H and O–H groups in total. The molecule has 0 spiro atoms. The highest BCUT2D eigenvalue weighted by Gasteiger charge is 2.06. The van der Waals surface area contributed by atoms with Gasteiger partial charge >= 0.3 is 0 Å². The van der Waals surface area contributed by atoms with Crippen LogP contribution in [0.25, 0.3) is 11.0 Å². The predicted octanol–water partition coefficient (Wildman–Crippen LogP) is 3.09. The summed E-state index contributed by atoms with van der Waals surface area (Å²) in [5.74, 6) is 0.794. The summed E-state index contributed by atoms with van der Waals surface area (Å²) in [4.78, 5) is 20.4. The second-order valence-electron chi connectivity index (χ2n) is 4.55. The number of nitrogens with zero attached hydrogens (tertiary/aromatic N) is 1. The number of H-pyrrole nitrogens is 1. The van der Waals surface area contributed by atoms with Gasteiger partial charge < -0.3 is 10.3 Å². The molecule has 0 aliphatic carbocycles. The van der Waals surface area contributed by atoms with Gasteiger partial charge in [-0.15, -0.1) is 11.8 Å². The molecule has 0 bridgehead atoms. The van der Waals surface area contributed by atoms with Crippen LogP contribution in [-0.4, -0.2) is 28.2 Å². The van der Waals surface area contributed by atoms with Crippen molar-refractivity contribution in [1.29, 1.82) is 0 Å². The van der Waals surface area contributed by atoms with Gasteiger partial charge in [0.05, 0.1) is 17.4 Å². The fourth-order valence-electron chi connectivity index (χ4n) is 2.03. The number of amides is 1. The van der Waals surface area contributed by atoms with Gasteiger partial charge in [0.25, 0.3) is 5.91 Å². The molecule has 1 heterocycles. The number of aromatic nitrogens is 2. The Labute approximate surface area is 127 Å². The lowest BCUT2D eigenvalue weighted by Gasteiger charge is -2.05. The van der Waals surface area contributed by atoms with Crippen LogP contribution in [0, 0.1) is 0 Å². The van der Waals surface area contributed by atoms with Gasteiger partial charge in [-0.25, -0.2) is 4.98 Å². The maximum absolute atomic E-state index is 12.1. The van der Waals surface area contributed by atoms with Crippen LogP contribution in [-0.2, 0) is 0 Å². The first-order valence-corrected chi connectivity index (χ1v) is 7.71. The van der Waals surface area contributed by atoms with Crippen LogP contribution in [0.4, 0.5) is 0 Å². The van der Waals surface area contributed by atoms with Crippen LogP contribution < -0.4 is 5.32 Å². The van der Waals surface area contributed by atoms with Crippen LogP contribution >= 0.6 is 11.8 Å². The molecule has 0 saturated carbocycles. The smallest absolute Gasteiger partial charge is 0.251 e. The van der Waals surface area contributed by atoms with E-state index in [1.807, 2.05) is 30.3 Å². The summed E-state index contributed by atoms with van der Waals surface area (Å²) in [5, 5.41) is 2.93. The number of carbonyl (C=O) groups is 1. The molecule has 5 heteroatoms. The lowest BCUT2D eigenvalue weighted by molar-refractivity contribution is 0.0956. The van der Waals surface area contributed by atoms with Gasteiger partial charge in [-0.2, -0.15) is 0 Å². The van der Waals surface area contributed by atoms with Crippen molar-refractivity contribution >= 4 is 28.7 Å². The summed E-state index contributed by atoms with van der Waals surface area (Å²) in [6.45, 7) is 0.638. The quantitative estimate of drug-likeness (QED) is 0.562. The third kappa shape index (κ3) is 3.44. The Hall–Kier alpha value is -2.27. The Morgan fingerprint density at radius 3 is 2.90 bits per heavy atom. The van der Waals surface area contributed by atoms with Crippen LogP contribution in [0.5, 0.6) is 0 Å². The summed E-state index contributed by atoms with van der Waals surface area (Å²) in [5.41, 5.74) is 2.39. The number of fused-ring (bicyclic) bond motifs is 1. The molecule has 0 saturated heterocycles. The van der Waals surface area contributed by atoms with Crippen molar-refractivity contribution in [3.8, 4) is 0 Å². The van der Waals surface area contributed by atoms with Crippen molar-refractivity contribution < 1.29 is 4.79 Å². The first kappa shape index (κ1) is 13.7. The van der Waals surface area contributed by atoms with Gasteiger partial charge in [-0.3, -0.25) is 4.79 Å². The molecule has 1 amide bonds. The number of nitrogens with one attached hydrogen (secondary N) is 2. The largest absolute Gasteiger partial charge is 0.351 e. The van der Waals surface area contributed by atoms with Gasteiger partial charge in [-0.05, 0) is 30.3 Å². The summed E-state index contributed by atoms with van der Waals surface area (Å²) in [7, 11) is 0. The monoisotopic (exact) mass is 297 g/mol. The number of aromatic amines is 1. The Morgan fingerprint density at radius 1 is 1.19 bits per heavy atom. The second-order valence-corrected chi connectivity index (χ2v) is 5.72. The zero-order valence-electron chi connectivity index (χ0n) is 11.4. The SMILES string of the molecule is O=C(NCCSc1ccccc1)c1ccc2nc[nH]c2c1. The zero-order chi connectivity index (χ0) is 14.5. The van der Waals surface area contributed by atoms with Crippen LogP contribution in [0.1, 0.15) is 10.4 Å². The molecular formula is C16H15N3OS. The average Bonchev–Trinajstić information content (AvgIpc) is 3.00. The van der Waals surface area contributed by atoms with E-state index in [2.05, 4.69) is 27.4 Å². The first-order chi connectivity index (χ1) is 10.3. The predicted molar refractivity (Wildman–Crippen MR) is 85.6 cm³/mol. The maximum Gasteiger partial charge on any atom is 0.251 e. The average molecular weight is 297 g/mol.